The fourth-order valence-corrected chi connectivity index (χ4v) is 14.6. The Balaban J connectivity index is 0.00000144. The zero-order valence-electron chi connectivity index (χ0n) is 20.4. The predicted molar refractivity (Wildman–Crippen MR) is 136 cm³/mol. The van der Waals surface area contributed by atoms with Gasteiger partial charge >= 0.3 is 207 Å². The average Bonchev–Trinajstić information content (AvgIpc) is 3.11. The van der Waals surface area contributed by atoms with Crippen LogP contribution in [0.3, 0.4) is 0 Å². The largest absolute Gasteiger partial charge is 1.00 e. The van der Waals surface area contributed by atoms with Crippen LogP contribution in [0.1, 0.15) is 23.1 Å². The molecule has 180 valence electrons. The maximum Gasteiger partial charge on any atom is -1.00 e. The van der Waals surface area contributed by atoms with Crippen LogP contribution in [0.2, 0.25) is 9.76 Å². The van der Waals surface area contributed by atoms with Crippen molar-refractivity contribution in [3.63, 3.8) is 0 Å². The Labute approximate surface area is 242 Å². The summed E-state index contributed by atoms with van der Waals surface area (Å²) in [6.07, 6.45) is 10.9. The molecule has 35 heavy (non-hydrogen) atoms. The van der Waals surface area contributed by atoms with E-state index in [9.17, 15) is 0 Å². The van der Waals surface area contributed by atoms with Crippen LogP contribution in [0, 0.1) is 32.6 Å². The first-order chi connectivity index (χ1) is 15.5. The molecule has 5 heteroatoms. The monoisotopic (exact) mass is 572 g/mol. The molecule has 0 heterocycles. The third-order valence-corrected chi connectivity index (χ3v) is 14.5. The number of allylic oxidation sites excluding steroid dienone is 4. The van der Waals surface area contributed by atoms with Gasteiger partial charge in [0.15, 0.2) is 0 Å². The molecule has 2 aliphatic rings. The minimum atomic E-state index is -2.34. The Morgan fingerprint density at radius 1 is 0.657 bits per heavy atom. The van der Waals surface area contributed by atoms with Crippen LogP contribution in [-0.4, -0.2) is 8.07 Å². The fraction of sp³-hybridized carbons (Fsp3) is 0.267. The Morgan fingerprint density at radius 2 is 1.09 bits per heavy atom. The number of hydrogen-bond acceptors (Lipinski definition) is 0. The van der Waals surface area contributed by atoms with Gasteiger partial charge in [-0.25, -0.2) is 0 Å². The van der Waals surface area contributed by atoms with Gasteiger partial charge < -0.3 is 37.2 Å². The molecule has 4 atom stereocenters. The maximum atomic E-state index is 2.53. The number of rotatable bonds is 4. The van der Waals surface area contributed by atoms with Gasteiger partial charge in [-0.15, -0.1) is 0 Å². The van der Waals surface area contributed by atoms with E-state index >= 15 is 0 Å². The molecule has 0 spiro atoms. The van der Waals surface area contributed by atoms with Gasteiger partial charge in [0.2, 0.25) is 0 Å². The van der Waals surface area contributed by atoms with Crippen LogP contribution in [0.4, 0.5) is 0 Å². The number of benzene rings is 3. The molecule has 4 unspecified atom stereocenters. The summed E-state index contributed by atoms with van der Waals surface area (Å²) in [7, 11) is -2.34. The van der Waals surface area contributed by atoms with Crippen LogP contribution >= 0.6 is 0 Å². The predicted octanol–water partition coefficient (Wildman–Crippen LogP) is -3.44. The normalized spacial score (nSPS) is 22.4. The molecular weight excluding hydrogens is 543 g/mol. The molecule has 3 aromatic carbocycles. The smallest absolute Gasteiger partial charge is 1.00 e. The Bertz CT molecular complexity index is 1090. The summed E-state index contributed by atoms with van der Waals surface area (Å²) in [6.45, 7) is 6.75. The molecule has 1 fully saturated rings. The van der Waals surface area contributed by atoms with Crippen molar-refractivity contribution in [2.24, 2.45) is 11.8 Å². The summed E-state index contributed by atoms with van der Waals surface area (Å²) < 4.78 is 0.672. The van der Waals surface area contributed by atoms with E-state index in [0.717, 1.165) is 0 Å². The van der Waals surface area contributed by atoms with Crippen LogP contribution in [0.5, 0.6) is 0 Å². The summed E-state index contributed by atoms with van der Waals surface area (Å²) >= 11 is 2.52. The topological polar surface area (TPSA) is 0 Å². The summed E-state index contributed by atoms with van der Waals surface area (Å²) in [5.41, 5.74) is 4.71. The number of aryl methyl sites for hydroxylation is 3. The first kappa shape index (κ1) is 30.2. The van der Waals surface area contributed by atoms with E-state index in [-0.39, 0.29) is 37.2 Å². The first-order valence-electron chi connectivity index (χ1n) is 11.8. The molecule has 0 aliphatic heterocycles. The van der Waals surface area contributed by atoms with Crippen LogP contribution in [0.15, 0.2) is 97.1 Å². The zero-order chi connectivity index (χ0) is 22.3. The van der Waals surface area contributed by atoms with Gasteiger partial charge in [-0.1, -0.05) is 0 Å². The second-order valence-electron chi connectivity index (χ2n) is 9.80. The standard InChI is InChI=1S/C30H31Si.3ClH.Ti/c1-22-9-6-13-26(19-22)31(27-14-7-10-23(2)20-27,28-15-8-11-24(3)21-28)30-18-17-25-12-4-5-16-29(25)30;;;;/h4-16,18-21,25,29-30H,17H2,1-3H3;3*1H;/q;;;;+3/p-3. The minimum Gasteiger partial charge on any atom is -1.00 e. The zero-order valence-corrected chi connectivity index (χ0v) is 25.2. The molecule has 0 bridgehead atoms. The van der Waals surface area contributed by atoms with Crippen molar-refractivity contribution in [2.45, 2.75) is 37.0 Å². The maximum absolute atomic E-state index is 2.53. The second kappa shape index (κ2) is 12.5. The van der Waals surface area contributed by atoms with E-state index in [1.165, 1.54) is 23.1 Å². The molecule has 5 rings (SSSR count). The summed E-state index contributed by atoms with van der Waals surface area (Å²) in [4.78, 5) is 0. The third kappa shape index (κ3) is 5.47. The van der Waals surface area contributed by atoms with E-state index in [1.807, 2.05) is 0 Å². The van der Waals surface area contributed by atoms with E-state index in [1.54, 1.807) is 15.6 Å². The van der Waals surface area contributed by atoms with Crippen LogP contribution < -0.4 is 52.8 Å². The second-order valence-corrected chi connectivity index (χ2v) is 15.0. The van der Waals surface area contributed by atoms with Crippen molar-refractivity contribution < 1.29 is 57.7 Å². The Morgan fingerprint density at radius 3 is 1.51 bits per heavy atom. The number of fused-ring (bicyclic) bond motifs is 1. The van der Waals surface area contributed by atoms with Crippen molar-refractivity contribution in [1.82, 2.24) is 0 Å². The van der Waals surface area contributed by atoms with Crippen molar-refractivity contribution >= 4 is 23.6 Å². The third-order valence-electron chi connectivity index (χ3n) is 7.59. The number of hydrogen-bond donors (Lipinski definition) is 0. The Kier molecular flexibility index (Phi) is 10.7. The van der Waals surface area contributed by atoms with Gasteiger partial charge in [0.05, 0.1) is 0 Å². The van der Waals surface area contributed by atoms with E-state index in [2.05, 4.69) is 138 Å². The molecule has 0 nitrogen and oxygen atoms in total. The molecule has 0 saturated heterocycles. The van der Waals surface area contributed by atoms with Gasteiger partial charge in [0.25, 0.3) is 0 Å². The SMILES string of the molecule is Cc1cccc([Si](c2cccc(C)c2)(c2cccc(C)c2)C2[CH]([Ti+3])CC3C=CC=CC32)c1.[Cl-].[Cl-].[Cl-]. The van der Waals surface area contributed by atoms with Gasteiger partial charge in [0.1, 0.15) is 0 Å². The van der Waals surface area contributed by atoms with E-state index in [0.29, 0.717) is 21.6 Å². The number of halogens is 3. The van der Waals surface area contributed by atoms with E-state index < -0.39 is 8.07 Å². The fourth-order valence-electron chi connectivity index (χ4n) is 6.34. The average molecular weight is 574 g/mol. The van der Waals surface area contributed by atoms with Gasteiger partial charge in [0, 0.05) is 0 Å². The summed E-state index contributed by atoms with van der Waals surface area (Å²) in [5.74, 6) is 1.26. The van der Waals surface area contributed by atoms with Crippen LogP contribution in [0.25, 0.3) is 0 Å². The molecule has 0 amide bonds. The van der Waals surface area contributed by atoms with Gasteiger partial charge in [-0.3, -0.25) is 0 Å². The van der Waals surface area contributed by atoms with Crippen molar-refractivity contribution in [1.29, 1.82) is 0 Å². The minimum absolute atomic E-state index is 0. The van der Waals surface area contributed by atoms with Gasteiger partial charge in [-0.05, 0) is 0 Å². The van der Waals surface area contributed by atoms with E-state index in [4.69, 9.17) is 0 Å². The Hall–Kier alpha value is -1.06. The molecular formula is C30H31Cl3SiTi. The van der Waals surface area contributed by atoms with Crippen molar-refractivity contribution in [3.05, 3.63) is 114 Å². The van der Waals surface area contributed by atoms with Gasteiger partial charge in [-0.2, -0.15) is 0 Å². The molecule has 1 saturated carbocycles. The summed E-state index contributed by atoms with van der Waals surface area (Å²) in [5, 5.41) is 4.69. The molecule has 0 radical (unpaired) electrons. The molecule has 0 aromatic heterocycles. The first-order valence-corrected chi connectivity index (χ1v) is 14.8. The van der Waals surface area contributed by atoms with Crippen molar-refractivity contribution in [2.75, 3.05) is 0 Å². The quantitative estimate of drug-likeness (QED) is 0.225. The molecule has 3 aromatic rings. The summed E-state index contributed by atoms with van der Waals surface area (Å²) in [6, 6.07) is 28.4. The molecule has 0 N–H and O–H groups in total. The molecule has 2 aliphatic carbocycles. The van der Waals surface area contributed by atoms with Crippen molar-refractivity contribution in [3.8, 4) is 0 Å². The van der Waals surface area contributed by atoms with Crippen LogP contribution in [-0.2, 0) is 20.4 Å².